The molecule has 1 aromatic carbocycles. The predicted molar refractivity (Wildman–Crippen MR) is 66.2 cm³/mol. The number of H-pyrrole nitrogens is 1. The van der Waals surface area contributed by atoms with Gasteiger partial charge in [-0.1, -0.05) is 12.1 Å². The number of carbonyl (C=O) groups is 1. The maximum atomic E-state index is 12.2. The van der Waals surface area contributed by atoms with E-state index < -0.39 is 12.3 Å². The number of aromatic amines is 1. The van der Waals surface area contributed by atoms with Gasteiger partial charge in [-0.15, -0.1) is 13.2 Å². The molecule has 0 saturated heterocycles. The lowest BCUT2D eigenvalue weighted by atomic mass is 10.0. The summed E-state index contributed by atoms with van der Waals surface area (Å²) in [6, 6.07) is 5.39. The monoisotopic (exact) mass is 300 g/mol. The van der Waals surface area contributed by atoms with Gasteiger partial charge >= 0.3 is 12.3 Å². The van der Waals surface area contributed by atoms with Gasteiger partial charge in [-0.2, -0.15) is 5.10 Å². The standard InChI is InChI=1S/C13H11F3N2O3/c1-7-10(11(12(19)20)18-17-7)6-8-3-2-4-9(5-8)21-13(14,15)16/h2-5H,6H2,1H3,(H,17,18)(H,19,20). The number of hydrogen-bond donors (Lipinski definition) is 2. The Morgan fingerprint density at radius 3 is 2.76 bits per heavy atom. The molecule has 21 heavy (non-hydrogen) atoms. The molecule has 0 aliphatic heterocycles. The molecule has 0 spiro atoms. The predicted octanol–water partition coefficient (Wildman–Crippen LogP) is 2.91. The van der Waals surface area contributed by atoms with Crippen molar-refractivity contribution in [1.29, 1.82) is 0 Å². The number of rotatable bonds is 4. The van der Waals surface area contributed by atoms with E-state index in [1.807, 2.05) is 0 Å². The molecule has 0 fully saturated rings. The Labute approximate surface area is 117 Å². The smallest absolute Gasteiger partial charge is 0.476 e. The second-order valence-corrected chi connectivity index (χ2v) is 4.35. The van der Waals surface area contributed by atoms with Gasteiger partial charge in [-0.3, -0.25) is 5.10 Å². The molecule has 0 bridgehead atoms. The number of benzene rings is 1. The number of ether oxygens (including phenoxy) is 1. The number of aryl methyl sites for hydroxylation is 1. The van der Waals surface area contributed by atoms with E-state index in [0.717, 1.165) is 0 Å². The molecule has 0 aliphatic rings. The minimum absolute atomic E-state index is 0.138. The molecular formula is C13H11F3N2O3. The highest BCUT2D eigenvalue weighted by molar-refractivity contribution is 5.87. The maximum Gasteiger partial charge on any atom is 0.573 e. The third kappa shape index (κ3) is 3.74. The fraction of sp³-hybridized carbons (Fsp3) is 0.231. The average Bonchev–Trinajstić information content (AvgIpc) is 2.69. The third-order valence-corrected chi connectivity index (χ3v) is 2.79. The summed E-state index contributed by atoms with van der Waals surface area (Å²) >= 11 is 0. The molecule has 0 saturated carbocycles. The van der Waals surface area contributed by atoms with Gasteiger partial charge in [0.2, 0.25) is 0 Å². The lowest BCUT2D eigenvalue weighted by Gasteiger charge is -2.10. The Kier molecular flexibility index (Phi) is 3.88. The van der Waals surface area contributed by atoms with Crippen molar-refractivity contribution in [3.63, 3.8) is 0 Å². The summed E-state index contributed by atoms with van der Waals surface area (Å²) in [4.78, 5) is 11.0. The van der Waals surface area contributed by atoms with Gasteiger partial charge in [0.25, 0.3) is 0 Å². The zero-order valence-electron chi connectivity index (χ0n) is 10.9. The van der Waals surface area contributed by atoms with Crippen LogP contribution >= 0.6 is 0 Å². The van der Waals surface area contributed by atoms with Crippen molar-refractivity contribution in [3.8, 4) is 5.75 Å². The quantitative estimate of drug-likeness (QED) is 0.910. The van der Waals surface area contributed by atoms with Crippen molar-refractivity contribution in [3.05, 3.63) is 46.8 Å². The Balaban J connectivity index is 2.26. The van der Waals surface area contributed by atoms with Crippen LogP contribution in [0.5, 0.6) is 5.75 Å². The minimum Gasteiger partial charge on any atom is -0.476 e. The summed E-state index contributed by atoms with van der Waals surface area (Å²) in [6.45, 7) is 1.64. The van der Waals surface area contributed by atoms with Crippen LogP contribution in [0.3, 0.4) is 0 Å². The van der Waals surface area contributed by atoms with Crippen LogP contribution in [0.15, 0.2) is 24.3 Å². The number of aromatic carboxylic acids is 1. The van der Waals surface area contributed by atoms with Crippen LogP contribution in [0.4, 0.5) is 13.2 Å². The van der Waals surface area contributed by atoms with E-state index in [0.29, 0.717) is 16.8 Å². The minimum atomic E-state index is -4.77. The summed E-state index contributed by atoms with van der Waals surface area (Å²) in [6.07, 6.45) is -4.63. The second-order valence-electron chi connectivity index (χ2n) is 4.35. The number of nitrogens with zero attached hydrogens (tertiary/aromatic N) is 1. The first-order valence-corrected chi connectivity index (χ1v) is 5.88. The topological polar surface area (TPSA) is 75.2 Å². The molecule has 2 aromatic rings. The summed E-state index contributed by atoms with van der Waals surface area (Å²) < 4.78 is 40.3. The molecule has 1 heterocycles. The summed E-state index contributed by atoms with van der Waals surface area (Å²) in [7, 11) is 0. The van der Waals surface area contributed by atoms with Crippen molar-refractivity contribution in [1.82, 2.24) is 10.2 Å². The summed E-state index contributed by atoms with van der Waals surface area (Å²) in [5.41, 5.74) is 1.32. The van der Waals surface area contributed by atoms with Crippen molar-refractivity contribution in [2.24, 2.45) is 0 Å². The van der Waals surface area contributed by atoms with Gasteiger partial charge in [0.1, 0.15) is 5.75 Å². The van der Waals surface area contributed by atoms with Crippen molar-refractivity contribution >= 4 is 5.97 Å². The highest BCUT2D eigenvalue weighted by Gasteiger charge is 2.31. The Bertz CT molecular complexity index is 665. The fourth-order valence-electron chi connectivity index (χ4n) is 1.90. The molecule has 5 nitrogen and oxygen atoms in total. The number of aromatic nitrogens is 2. The van der Waals surface area contributed by atoms with Crippen LogP contribution in [0.1, 0.15) is 27.3 Å². The summed E-state index contributed by atoms with van der Waals surface area (Å²) in [5.74, 6) is -1.55. The first-order valence-electron chi connectivity index (χ1n) is 5.88. The van der Waals surface area contributed by atoms with E-state index in [-0.39, 0.29) is 17.9 Å². The molecule has 0 radical (unpaired) electrons. The van der Waals surface area contributed by atoms with Crippen molar-refractivity contribution < 1.29 is 27.8 Å². The van der Waals surface area contributed by atoms with Gasteiger partial charge in [0, 0.05) is 17.7 Å². The van der Waals surface area contributed by atoms with Crippen LogP contribution in [0.2, 0.25) is 0 Å². The number of alkyl halides is 3. The largest absolute Gasteiger partial charge is 0.573 e. The molecule has 2 N–H and O–H groups in total. The number of carboxylic acid groups (broad SMARTS) is 1. The molecule has 0 amide bonds. The number of hydrogen-bond acceptors (Lipinski definition) is 3. The third-order valence-electron chi connectivity index (χ3n) is 2.79. The second kappa shape index (κ2) is 5.47. The number of carboxylic acids is 1. The van der Waals surface area contributed by atoms with Crippen LogP contribution in [-0.2, 0) is 6.42 Å². The van der Waals surface area contributed by atoms with Crippen LogP contribution in [-0.4, -0.2) is 27.6 Å². The lowest BCUT2D eigenvalue weighted by molar-refractivity contribution is -0.274. The van der Waals surface area contributed by atoms with Gasteiger partial charge in [0.05, 0.1) is 0 Å². The van der Waals surface area contributed by atoms with Gasteiger partial charge in [0.15, 0.2) is 5.69 Å². The van der Waals surface area contributed by atoms with Gasteiger partial charge < -0.3 is 9.84 Å². The Morgan fingerprint density at radius 1 is 1.43 bits per heavy atom. The Morgan fingerprint density at radius 2 is 2.14 bits per heavy atom. The SMILES string of the molecule is Cc1[nH]nc(C(=O)O)c1Cc1cccc(OC(F)(F)F)c1. The first kappa shape index (κ1) is 14.9. The van der Waals surface area contributed by atoms with E-state index in [4.69, 9.17) is 5.11 Å². The van der Waals surface area contributed by atoms with E-state index in [2.05, 4.69) is 14.9 Å². The first-order chi connectivity index (χ1) is 9.76. The maximum absolute atomic E-state index is 12.2. The van der Waals surface area contributed by atoms with Gasteiger partial charge in [-0.05, 0) is 24.6 Å². The van der Waals surface area contributed by atoms with E-state index in [1.54, 1.807) is 13.0 Å². The van der Waals surface area contributed by atoms with Crippen LogP contribution < -0.4 is 4.74 Å². The Hall–Kier alpha value is -2.51. The molecule has 1 aromatic heterocycles. The van der Waals surface area contributed by atoms with Crippen LogP contribution in [0, 0.1) is 6.92 Å². The molecular weight excluding hydrogens is 289 g/mol. The van der Waals surface area contributed by atoms with Crippen molar-refractivity contribution in [2.45, 2.75) is 19.7 Å². The number of nitrogens with one attached hydrogen (secondary N) is 1. The zero-order chi connectivity index (χ0) is 15.6. The highest BCUT2D eigenvalue weighted by Crippen LogP contribution is 2.25. The molecule has 0 unspecified atom stereocenters. The normalized spacial score (nSPS) is 11.4. The lowest BCUT2D eigenvalue weighted by Crippen LogP contribution is -2.17. The summed E-state index contributed by atoms with van der Waals surface area (Å²) in [5, 5.41) is 15.2. The molecule has 0 atom stereocenters. The van der Waals surface area contributed by atoms with E-state index in [1.165, 1.54) is 18.2 Å². The zero-order valence-corrected chi connectivity index (χ0v) is 10.9. The molecule has 0 aliphatic carbocycles. The van der Waals surface area contributed by atoms with Crippen molar-refractivity contribution in [2.75, 3.05) is 0 Å². The molecule has 2 rings (SSSR count). The molecule has 8 heteroatoms. The average molecular weight is 300 g/mol. The molecule has 112 valence electrons. The van der Waals surface area contributed by atoms with Gasteiger partial charge in [-0.25, -0.2) is 4.79 Å². The fourth-order valence-corrected chi connectivity index (χ4v) is 1.90. The van der Waals surface area contributed by atoms with E-state index >= 15 is 0 Å². The highest BCUT2D eigenvalue weighted by atomic mass is 19.4. The van der Waals surface area contributed by atoms with Crippen LogP contribution in [0.25, 0.3) is 0 Å². The van der Waals surface area contributed by atoms with E-state index in [9.17, 15) is 18.0 Å². The number of halogens is 3.